The van der Waals surface area contributed by atoms with E-state index in [9.17, 15) is 4.79 Å². The molecule has 5 nitrogen and oxygen atoms in total. The molecule has 0 unspecified atom stereocenters. The van der Waals surface area contributed by atoms with Crippen LogP contribution in [0.4, 0.5) is 0 Å². The molecular weight excluding hydrogens is 220 g/mol. The van der Waals surface area contributed by atoms with Gasteiger partial charge >= 0.3 is 5.97 Å². The van der Waals surface area contributed by atoms with Gasteiger partial charge in [0.05, 0.1) is 13.5 Å². The Hall–Kier alpha value is -0.650. The van der Waals surface area contributed by atoms with Crippen LogP contribution in [0.5, 0.6) is 0 Å². The number of carbonyl (C=O) groups is 1. The minimum Gasteiger partial charge on any atom is -0.469 e. The number of hydrogen-bond donors (Lipinski definition) is 0. The average Bonchev–Trinajstić information content (AvgIpc) is 2.37. The van der Waals surface area contributed by atoms with E-state index in [2.05, 4.69) is 14.5 Å². The lowest BCUT2D eigenvalue weighted by molar-refractivity contribution is -0.141. The molecule has 0 aromatic heterocycles. The third-order valence-electron chi connectivity index (χ3n) is 3.15. The van der Waals surface area contributed by atoms with E-state index >= 15 is 0 Å². The van der Waals surface area contributed by atoms with Crippen LogP contribution in [0.25, 0.3) is 0 Å². The van der Waals surface area contributed by atoms with Gasteiger partial charge in [-0.25, -0.2) is 0 Å². The molecule has 1 rings (SSSR count). The van der Waals surface area contributed by atoms with E-state index in [4.69, 9.17) is 4.74 Å². The predicted octanol–water partition coefficient (Wildman–Crippen LogP) is 0.204. The quantitative estimate of drug-likeness (QED) is 0.473. The van der Waals surface area contributed by atoms with Crippen LogP contribution in [-0.2, 0) is 14.3 Å². The monoisotopic (exact) mass is 244 g/mol. The van der Waals surface area contributed by atoms with Crippen molar-refractivity contribution in [2.45, 2.75) is 12.8 Å². The van der Waals surface area contributed by atoms with Crippen molar-refractivity contribution >= 4 is 5.97 Å². The molecule has 1 saturated heterocycles. The Morgan fingerprint density at radius 3 is 2.18 bits per heavy atom. The zero-order valence-corrected chi connectivity index (χ0v) is 11.0. The first-order valence-corrected chi connectivity index (χ1v) is 6.26. The fourth-order valence-electron chi connectivity index (χ4n) is 2.02. The molecule has 0 saturated carbocycles. The van der Waals surface area contributed by atoms with Crippen LogP contribution in [0.3, 0.4) is 0 Å². The maximum absolute atomic E-state index is 11.0. The molecule has 0 radical (unpaired) electrons. The Morgan fingerprint density at radius 1 is 1.06 bits per heavy atom. The standard InChI is InChI=1S/C12H24N2O3/c1-16-11-3-5-13-7-9-14(10-8-13)6-4-12(15)17-2/h3-11H2,1-2H3. The molecule has 17 heavy (non-hydrogen) atoms. The van der Waals surface area contributed by atoms with Crippen molar-refractivity contribution in [3.05, 3.63) is 0 Å². The molecule has 0 aromatic carbocycles. The van der Waals surface area contributed by atoms with E-state index < -0.39 is 0 Å². The Balaban J connectivity index is 2.07. The van der Waals surface area contributed by atoms with Crippen molar-refractivity contribution < 1.29 is 14.3 Å². The summed E-state index contributed by atoms with van der Waals surface area (Å²) in [4.78, 5) is 15.8. The van der Waals surface area contributed by atoms with Crippen molar-refractivity contribution in [2.24, 2.45) is 0 Å². The fourth-order valence-corrected chi connectivity index (χ4v) is 2.02. The zero-order chi connectivity index (χ0) is 12.5. The van der Waals surface area contributed by atoms with Gasteiger partial charge < -0.3 is 19.3 Å². The second-order valence-electron chi connectivity index (χ2n) is 4.36. The molecule has 1 fully saturated rings. The van der Waals surface area contributed by atoms with E-state index in [1.54, 1.807) is 7.11 Å². The van der Waals surface area contributed by atoms with E-state index in [0.29, 0.717) is 6.42 Å². The van der Waals surface area contributed by atoms with Crippen LogP contribution in [0, 0.1) is 0 Å². The Bertz CT molecular complexity index is 216. The van der Waals surface area contributed by atoms with Gasteiger partial charge in [0.2, 0.25) is 0 Å². The first-order chi connectivity index (χ1) is 8.26. The van der Waals surface area contributed by atoms with E-state index in [1.807, 2.05) is 0 Å². The number of piperazine rings is 1. The van der Waals surface area contributed by atoms with Crippen molar-refractivity contribution in [3.63, 3.8) is 0 Å². The smallest absolute Gasteiger partial charge is 0.306 e. The second-order valence-corrected chi connectivity index (χ2v) is 4.36. The highest BCUT2D eigenvalue weighted by Crippen LogP contribution is 2.03. The van der Waals surface area contributed by atoms with Gasteiger partial charge in [-0.1, -0.05) is 0 Å². The molecule has 0 aromatic rings. The lowest BCUT2D eigenvalue weighted by atomic mass is 10.2. The highest BCUT2D eigenvalue weighted by molar-refractivity contribution is 5.69. The molecule has 0 aliphatic carbocycles. The third-order valence-corrected chi connectivity index (χ3v) is 3.15. The predicted molar refractivity (Wildman–Crippen MR) is 66.0 cm³/mol. The van der Waals surface area contributed by atoms with Crippen LogP contribution < -0.4 is 0 Å². The third kappa shape index (κ3) is 6.00. The Kier molecular flexibility index (Phi) is 7.16. The first-order valence-electron chi connectivity index (χ1n) is 6.26. The molecule has 0 bridgehead atoms. The largest absolute Gasteiger partial charge is 0.469 e. The summed E-state index contributed by atoms with van der Waals surface area (Å²) in [5, 5.41) is 0. The van der Waals surface area contributed by atoms with Crippen molar-refractivity contribution in [3.8, 4) is 0 Å². The maximum atomic E-state index is 11.0. The van der Waals surface area contributed by atoms with Gasteiger partial charge in [-0.2, -0.15) is 0 Å². The van der Waals surface area contributed by atoms with Gasteiger partial charge in [0.25, 0.3) is 0 Å². The number of nitrogens with zero attached hydrogens (tertiary/aromatic N) is 2. The summed E-state index contributed by atoms with van der Waals surface area (Å²) >= 11 is 0. The molecule has 100 valence electrons. The van der Waals surface area contributed by atoms with Crippen LogP contribution in [0.1, 0.15) is 12.8 Å². The van der Waals surface area contributed by atoms with Gasteiger partial charge in [-0.05, 0) is 6.42 Å². The number of rotatable bonds is 7. The number of carbonyl (C=O) groups excluding carboxylic acids is 1. The molecule has 1 heterocycles. The molecule has 0 amide bonds. The van der Waals surface area contributed by atoms with Gasteiger partial charge in [-0.3, -0.25) is 4.79 Å². The highest BCUT2D eigenvalue weighted by Gasteiger charge is 2.16. The Labute approximate surface area is 104 Å². The van der Waals surface area contributed by atoms with Gasteiger partial charge in [0.15, 0.2) is 0 Å². The molecule has 0 N–H and O–H groups in total. The van der Waals surface area contributed by atoms with Crippen molar-refractivity contribution in [2.75, 3.05) is 60.1 Å². The van der Waals surface area contributed by atoms with Gasteiger partial charge in [0, 0.05) is 53.0 Å². The van der Waals surface area contributed by atoms with E-state index in [-0.39, 0.29) is 5.97 Å². The molecular formula is C12H24N2O3. The average molecular weight is 244 g/mol. The molecule has 0 atom stereocenters. The SMILES string of the molecule is COCCCN1CCN(CCC(=O)OC)CC1. The lowest BCUT2D eigenvalue weighted by Crippen LogP contribution is -2.47. The van der Waals surface area contributed by atoms with E-state index in [1.165, 1.54) is 7.11 Å². The molecule has 1 aliphatic rings. The normalized spacial score (nSPS) is 18.2. The lowest BCUT2D eigenvalue weighted by Gasteiger charge is -2.34. The minimum absolute atomic E-state index is 0.118. The fraction of sp³-hybridized carbons (Fsp3) is 0.917. The molecule has 0 spiro atoms. The summed E-state index contributed by atoms with van der Waals surface area (Å²) in [6.45, 7) is 7.03. The van der Waals surface area contributed by atoms with Gasteiger partial charge in [0.1, 0.15) is 0 Å². The Morgan fingerprint density at radius 2 is 1.65 bits per heavy atom. The topological polar surface area (TPSA) is 42.0 Å². The van der Waals surface area contributed by atoms with Gasteiger partial charge in [-0.15, -0.1) is 0 Å². The molecule has 5 heteroatoms. The number of esters is 1. The number of hydrogen-bond acceptors (Lipinski definition) is 5. The highest BCUT2D eigenvalue weighted by atomic mass is 16.5. The summed E-state index contributed by atoms with van der Waals surface area (Å²) < 4.78 is 9.68. The summed E-state index contributed by atoms with van der Waals surface area (Å²) in [6.07, 6.45) is 1.60. The number of methoxy groups -OCH3 is 2. The maximum Gasteiger partial charge on any atom is 0.306 e. The van der Waals surface area contributed by atoms with E-state index in [0.717, 1.165) is 52.3 Å². The summed E-state index contributed by atoms with van der Waals surface area (Å²) in [6, 6.07) is 0. The first kappa shape index (κ1) is 14.4. The summed E-state index contributed by atoms with van der Waals surface area (Å²) in [5.41, 5.74) is 0. The summed E-state index contributed by atoms with van der Waals surface area (Å²) in [7, 11) is 3.18. The van der Waals surface area contributed by atoms with Crippen LogP contribution >= 0.6 is 0 Å². The van der Waals surface area contributed by atoms with Crippen molar-refractivity contribution in [1.29, 1.82) is 0 Å². The number of ether oxygens (including phenoxy) is 2. The zero-order valence-electron chi connectivity index (χ0n) is 11.0. The van der Waals surface area contributed by atoms with Crippen LogP contribution in [-0.4, -0.2) is 75.9 Å². The summed E-state index contributed by atoms with van der Waals surface area (Å²) in [5.74, 6) is -0.118. The second kappa shape index (κ2) is 8.44. The minimum atomic E-state index is -0.118. The van der Waals surface area contributed by atoms with Crippen LogP contribution in [0.2, 0.25) is 0 Å². The van der Waals surface area contributed by atoms with Crippen LogP contribution in [0.15, 0.2) is 0 Å². The van der Waals surface area contributed by atoms with Crippen molar-refractivity contribution in [1.82, 2.24) is 9.80 Å². The molecule has 1 aliphatic heterocycles.